The van der Waals surface area contributed by atoms with Gasteiger partial charge < -0.3 is 15.4 Å². The minimum absolute atomic E-state index is 0.0236. The second kappa shape index (κ2) is 7.21. The van der Waals surface area contributed by atoms with Crippen LogP contribution in [0.25, 0.3) is 0 Å². The minimum atomic E-state index is -0.666. The fourth-order valence-electron chi connectivity index (χ4n) is 1.93. The molecule has 0 radical (unpaired) electrons. The first-order chi connectivity index (χ1) is 9.77. The van der Waals surface area contributed by atoms with E-state index in [0.717, 1.165) is 6.07 Å². The molecule has 0 aliphatic carbocycles. The van der Waals surface area contributed by atoms with E-state index in [1.807, 2.05) is 13.8 Å². The lowest BCUT2D eigenvalue weighted by Crippen LogP contribution is -2.32. The van der Waals surface area contributed by atoms with E-state index >= 15 is 0 Å². The third-order valence-corrected chi connectivity index (χ3v) is 3.51. The fraction of sp³-hybridized carbons (Fsp3) is 0.571. The molecule has 7 heteroatoms. The average Bonchev–Trinajstić information content (AvgIpc) is 2.43. The Balaban J connectivity index is 2.94. The minimum Gasteiger partial charge on any atom is -0.490 e. The van der Waals surface area contributed by atoms with Gasteiger partial charge in [0.2, 0.25) is 0 Å². The van der Waals surface area contributed by atoms with Gasteiger partial charge in [0.1, 0.15) is 0 Å². The number of methoxy groups -OCH3 is 1. The first-order valence-corrected chi connectivity index (χ1v) is 6.76. The molecule has 0 heterocycles. The fourth-order valence-corrected chi connectivity index (χ4v) is 1.93. The van der Waals surface area contributed by atoms with E-state index in [1.165, 1.54) is 13.2 Å². The van der Waals surface area contributed by atoms with Crippen LogP contribution in [0, 0.1) is 21.8 Å². The van der Waals surface area contributed by atoms with Crippen LogP contribution in [0.5, 0.6) is 5.75 Å². The molecule has 21 heavy (non-hydrogen) atoms. The van der Waals surface area contributed by atoms with Crippen molar-refractivity contribution in [1.29, 1.82) is 0 Å². The van der Waals surface area contributed by atoms with Crippen molar-refractivity contribution in [3.8, 4) is 5.75 Å². The van der Waals surface area contributed by atoms with Crippen LogP contribution in [0.4, 0.5) is 15.8 Å². The van der Waals surface area contributed by atoms with Crippen molar-refractivity contribution < 1.29 is 14.1 Å². The van der Waals surface area contributed by atoms with Crippen molar-refractivity contribution in [3.63, 3.8) is 0 Å². The zero-order chi connectivity index (χ0) is 16.2. The monoisotopic (exact) mass is 299 g/mol. The van der Waals surface area contributed by atoms with Gasteiger partial charge >= 0.3 is 5.69 Å². The second-order valence-corrected chi connectivity index (χ2v) is 5.35. The molecule has 0 saturated carbocycles. The number of anilines is 1. The number of nitrogens with zero attached hydrogens (tertiary/aromatic N) is 2. The van der Waals surface area contributed by atoms with Gasteiger partial charge in [0, 0.05) is 25.7 Å². The number of nitro benzene ring substituents is 1. The van der Waals surface area contributed by atoms with Crippen LogP contribution in [-0.4, -0.2) is 31.7 Å². The van der Waals surface area contributed by atoms with Gasteiger partial charge in [-0.15, -0.1) is 0 Å². The maximum atomic E-state index is 14.0. The molecule has 1 unspecified atom stereocenters. The van der Waals surface area contributed by atoms with Crippen LogP contribution in [-0.2, 0) is 0 Å². The van der Waals surface area contributed by atoms with Crippen molar-refractivity contribution in [1.82, 2.24) is 0 Å². The van der Waals surface area contributed by atoms with Gasteiger partial charge in [0.15, 0.2) is 11.6 Å². The molecule has 1 atom stereocenters. The van der Waals surface area contributed by atoms with E-state index in [0.29, 0.717) is 18.9 Å². The molecule has 0 aliphatic rings. The summed E-state index contributed by atoms with van der Waals surface area (Å²) in [7, 11) is 3.04. The van der Waals surface area contributed by atoms with Crippen LogP contribution in [0.2, 0.25) is 0 Å². The molecule has 0 amide bonds. The summed E-state index contributed by atoms with van der Waals surface area (Å²) in [5.74, 6) is -0.269. The number of halogens is 1. The molecule has 6 nitrogen and oxygen atoms in total. The summed E-state index contributed by atoms with van der Waals surface area (Å²) >= 11 is 0. The number of ether oxygens (including phenoxy) is 1. The van der Waals surface area contributed by atoms with E-state index in [2.05, 4.69) is 0 Å². The third-order valence-electron chi connectivity index (χ3n) is 3.51. The first-order valence-electron chi connectivity index (χ1n) is 6.76. The molecule has 0 aliphatic heterocycles. The Morgan fingerprint density at radius 1 is 1.48 bits per heavy atom. The summed E-state index contributed by atoms with van der Waals surface area (Å²) in [5, 5.41) is 10.8. The molecular formula is C14H22FN3O3. The van der Waals surface area contributed by atoms with Gasteiger partial charge in [-0.25, -0.2) is 4.39 Å². The van der Waals surface area contributed by atoms with E-state index in [-0.39, 0.29) is 23.2 Å². The van der Waals surface area contributed by atoms with Crippen molar-refractivity contribution in [2.45, 2.75) is 26.3 Å². The molecule has 1 aromatic carbocycles. The third kappa shape index (κ3) is 4.29. The van der Waals surface area contributed by atoms with Crippen molar-refractivity contribution in [3.05, 3.63) is 28.1 Å². The topological polar surface area (TPSA) is 81.6 Å². The summed E-state index contributed by atoms with van der Waals surface area (Å²) in [6.45, 7) is 4.61. The largest absolute Gasteiger partial charge is 0.490 e. The van der Waals surface area contributed by atoms with Crippen LogP contribution in [0.15, 0.2) is 12.1 Å². The van der Waals surface area contributed by atoms with Gasteiger partial charge in [0.05, 0.1) is 23.8 Å². The van der Waals surface area contributed by atoms with E-state index in [9.17, 15) is 14.5 Å². The number of hydrogen-bond acceptors (Lipinski definition) is 5. The Hall–Kier alpha value is -1.89. The Morgan fingerprint density at radius 2 is 2.10 bits per heavy atom. The highest BCUT2D eigenvalue weighted by molar-refractivity contribution is 5.60. The molecule has 0 saturated heterocycles. The lowest BCUT2D eigenvalue weighted by Gasteiger charge is -2.23. The Kier molecular flexibility index (Phi) is 5.90. The highest BCUT2D eigenvalue weighted by atomic mass is 19.1. The molecule has 1 aromatic rings. The molecular weight excluding hydrogens is 277 g/mol. The number of nitrogens with two attached hydrogens (primary N) is 1. The standard InChI is InChI=1S/C14H22FN3O3/c1-9(2)11(16)5-6-17(3)12-8-14(21-4)13(18(19)20)7-10(12)15/h7-9,11H,5-6,16H2,1-4H3. The summed E-state index contributed by atoms with van der Waals surface area (Å²) < 4.78 is 19.0. The van der Waals surface area contributed by atoms with Crippen LogP contribution in [0.1, 0.15) is 20.3 Å². The zero-order valence-corrected chi connectivity index (χ0v) is 12.8. The summed E-state index contributed by atoms with van der Waals surface area (Å²) in [5.41, 5.74) is 5.84. The maximum absolute atomic E-state index is 14.0. The highest BCUT2D eigenvalue weighted by Crippen LogP contribution is 2.33. The summed E-state index contributed by atoms with van der Waals surface area (Å²) in [4.78, 5) is 11.9. The van der Waals surface area contributed by atoms with Crippen molar-refractivity contribution in [2.24, 2.45) is 11.7 Å². The number of nitro groups is 1. The van der Waals surface area contributed by atoms with Gasteiger partial charge in [-0.3, -0.25) is 10.1 Å². The van der Waals surface area contributed by atoms with Gasteiger partial charge in [-0.2, -0.15) is 0 Å². The normalized spacial score (nSPS) is 12.3. The van der Waals surface area contributed by atoms with E-state index < -0.39 is 10.7 Å². The molecule has 0 aromatic heterocycles. The molecule has 2 N–H and O–H groups in total. The summed E-state index contributed by atoms with van der Waals surface area (Å²) in [6.07, 6.45) is 0.701. The van der Waals surface area contributed by atoms with Crippen LogP contribution in [0.3, 0.4) is 0 Å². The smallest absolute Gasteiger partial charge is 0.313 e. The SMILES string of the molecule is COc1cc(N(C)CCC(N)C(C)C)c(F)cc1[N+](=O)[O-]. The van der Waals surface area contributed by atoms with Gasteiger partial charge in [0.25, 0.3) is 0 Å². The number of hydrogen-bond donors (Lipinski definition) is 1. The van der Waals surface area contributed by atoms with Crippen LogP contribution < -0.4 is 15.4 Å². The first kappa shape index (κ1) is 17.2. The highest BCUT2D eigenvalue weighted by Gasteiger charge is 2.21. The molecule has 118 valence electrons. The summed E-state index contributed by atoms with van der Waals surface area (Å²) in [6, 6.07) is 2.25. The van der Waals surface area contributed by atoms with E-state index in [1.54, 1.807) is 11.9 Å². The Labute approximate surface area is 123 Å². The van der Waals surface area contributed by atoms with Gasteiger partial charge in [-0.05, 0) is 12.3 Å². The lowest BCUT2D eigenvalue weighted by molar-refractivity contribution is -0.385. The predicted octanol–water partition coefficient (Wildman–Crippen LogP) is 2.55. The lowest BCUT2D eigenvalue weighted by atomic mass is 10.0. The van der Waals surface area contributed by atoms with Crippen molar-refractivity contribution >= 4 is 11.4 Å². The molecule has 1 rings (SSSR count). The second-order valence-electron chi connectivity index (χ2n) is 5.35. The quantitative estimate of drug-likeness (QED) is 0.618. The zero-order valence-electron chi connectivity index (χ0n) is 12.8. The van der Waals surface area contributed by atoms with E-state index in [4.69, 9.17) is 10.5 Å². The van der Waals surface area contributed by atoms with Crippen LogP contribution >= 0.6 is 0 Å². The molecule has 0 fully saturated rings. The molecule has 0 spiro atoms. The average molecular weight is 299 g/mol. The Bertz CT molecular complexity index is 508. The number of rotatable bonds is 7. The van der Waals surface area contributed by atoms with Gasteiger partial charge in [-0.1, -0.05) is 13.8 Å². The predicted molar refractivity (Wildman–Crippen MR) is 80.3 cm³/mol. The Morgan fingerprint density at radius 3 is 2.57 bits per heavy atom. The molecule has 0 bridgehead atoms. The number of benzene rings is 1. The van der Waals surface area contributed by atoms with Crippen molar-refractivity contribution in [2.75, 3.05) is 25.6 Å². The maximum Gasteiger partial charge on any atom is 0.313 e.